The molecule has 0 spiro atoms. The van der Waals surface area contributed by atoms with Gasteiger partial charge in [0.1, 0.15) is 5.60 Å². The zero-order chi connectivity index (χ0) is 8.32. The van der Waals surface area contributed by atoms with Crippen molar-refractivity contribution in [1.82, 2.24) is 0 Å². The second-order valence-electron chi connectivity index (χ2n) is 2.86. The molecule has 0 amide bonds. The zero-order valence-corrected chi connectivity index (χ0v) is 8.38. The van der Waals surface area contributed by atoms with Crippen LogP contribution in [0.2, 0.25) is 0 Å². The molecule has 3 heteroatoms. The topological polar surface area (TPSA) is 20.2 Å². The summed E-state index contributed by atoms with van der Waals surface area (Å²) in [7, 11) is 0. The third-order valence-electron chi connectivity index (χ3n) is 1.72. The Kier molecular flexibility index (Phi) is 3.34. The summed E-state index contributed by atoms with van der Waals surface area (Å²) >= 11 is 3.67. The van der Waals surface area contributed by atoms with Crippen molar-refractivity contribution in [3.05, 3.63) is 12.7 Å². The van der Waals surface area contributed by atoms with Crippen LogP contribution >= 0.6 is 23.5 Å². The van der Waals surface area contributed by atoms with Crippen LogP contribution in [0.5, 0.6) is 0 Å². The highest BCUT2D eigenvalue weighted by molar-refractivity contribution is 8.17. The minimum Gasteiger partial charge on any atom is -0.384 e. The van der Waals surface area contributed by atoms with E-state index in [0.29, 0.717) is 0 Å². The van der Waals surface area contributed by atoms with Crippen molar-refractivity contribution < 1.29 is 5.11 Å². The van der Waals surface area contributed by atoms with E-state index in [1.165, 1.54) is 17.9 Å². The van der Waals surface area contributed by atoms with Gasteiger partial charge in [-0.2, -0.15) is 0 Å². The first kappa shape index (κ1) is 9.49. The van der Waals surface area contributed by atoms with Gasteiger partial charge in [-0.3, -0.25) is 0 Å². The van der Waals surface area contributed by atoms with Crippen LogP contribution in [0.3, 0.4) is 0 Å². The monoisotopic (exact) mass is 190 g/mol. The van der Waals surface area contributed by atoms with Crippen LogP contribution in [0.1, 0.15) is 13.3 Å². The van der Waals surface area contributed by atoms with Crippen molar-refractivity contribution in [2.24, 2.45) is 0 Å². The van der Waals surface area contributed by atoms with Gasteiger partial charge in [-0.05, 0) is 24.9 Å². The summed E-state index contributed by atoms with van der Waals surface area (Å²) in [5.74, 6) is 2.34. The van der Waals surface area contributed by atoms with Crippen LogP contribution in [-0.2, 0) is 0 Å². The van der Waals surface area contributed by atoms with E-state index < -0.39 is 5.60 Å². The molecule has 64 valence electrons. The maximum absolute atomic E-state index is 9.79. The third-order valence-corrected chi connectivity index (χ3v) is 5.14. The second-order valence-corrected chi connectivity index (χ2v) is 5.58. The van der Waals surface area contributed by atoms with Crippen LogP contribution in [0.25, 0.3) is 0 Å². The highest BCUT2D eigenvalue weighted by atomic mass is 32.2. The van der Waals surface area contributed by atoms with Gasteiger partial charge in [0.2, 0.25) is 0 Å². The fraction of sp³-hybridized carbons (Fsp3) is 0.750. The first-order valence-electron chi connectivity index (χ1n) is 3.76. The standard InChI is InChI=1S/C8H14OS2/c1-3-8(2,9)7-10-5-4-6-11-7/h3,7,9H,1,4-6H2,2H3. The van der Waals surface area contributed by atoms with Gasteiger partial charge in [0.15, 0.2) is 0 Å². The minimum atomic E-state index is -0.699. The second kappa shape index (κ2) is 3.87. The molecule has 0 aromatic rings. The number of rotatable bonds is 2. The Balaban J connectivity index is 2.50. The SMILES string of the molecule is C=CC(C)(O)C1SCCCS1. The Bertz CT molecular complexity index is 139. The highest BCUT2D eigenvalue weighted by Gasteiger charge is 2.30. The van der Waals surface area contributed by atoms with Crippen molar-refractivity contribution in [3.63, 3.8) is 0 Å². The Labute approximate surface area is 76.6 Å². The molecule has 1 heterocycles. The van der Waals surface area contributed by atoms with Gasteiger partial charge in [0.25, 0.3) is 0 Å². The van der Waals surface area contributed by atoms with Crippen molar-refractivity contribution in [1.29, 1.82) is 0 Å². The van der Waals surface area contributed by atoms with E-state index in [0.717, 1.165) is 0 Å². The molecule has 1 nitrogen and oxygen atoms in total. The van der Waals surface area contributed by atoms with E-state index in [9.17, 15) is 5.11 Å². The molecular weight excluding hydrogens is 176 g/mol. The maximum atomic E-state index is 9.79. The van der Waals surface area contributed by atoms with Crippen LogP contribution in [0.4, 0.5) is 0 Å². The summed E-state index contributed by atoms with van der Waals surface area (Å²) in [5.41, 5.74) is -0.699. The Morgan fingerprint density at radius 2 is 2.09 bits per heavy atom. The Hall–Kier alpha value is 0.400. The molecule has 1 saturated heterocycles. The van der Waals surface area contributed by atoms with Crippen LogP contribution in [-0.4, -0.2) is 26.8 Å². The molecule has 1 aliphatic rings. The lowest BCUT2D eigenvalue weighted by molar-refractivity contribution is 0.130. The molecule has 0 radical (unpaired) electrons. The molecule has 1 N–H and O–H groups in total. The summed E-state index contributed by atoms with van der Waals surface area (Å²) in [6.45, 7) is 5.46. The lowest BCUT2D eigenvalue weighted by Crippen LogP contribution is -2.34. The predicted molar refractivity (Wildman–Crippen MR) is 54.1 cm³/mol. The molecule has 1 atom stereocenters. The zero-order valence-electron chi connectivity index (χ0n) is 6.75. The summed E-state index contributed by atoms with van der Waals surface area (Å²) in [6, 6.07) is 0. The number of hydrogen-bond donors (Lipinski definition) is 1. The lowest BCUT2D eigenvalue weighted by atomic mass is 10.1. The summed E-state index contributed by atoms with van der Waals surface area (Å²) in [6.07, 6.45) is 2.90. The van der Waals surface area contributed by atoms with E-state index in [4.69, 9.17) is 0 Å². The first-order chi connectivity index (χ1) is 5.17. The molecule has 0 aliphatic carbocycles. The van der Waals surface area contributed by atoms with E-state index in [-0.39, 0.29) is 4.58 Å². The average Bonchev–Trinajstić information content (AvgIpc) is 2.06. The number of aliphatic hydroxyl groups is 1. The van der Waals surface area contributed by atoms with Gasteiger partial charge in [-0.15, -0.1) is 30.1 Å². The number of thioether (sulfide) groups is 2. The molecule has 0 aromatic heterocycles. The fourth-order valence-electron chi connectivity index (χ4n) is 0.921. The molecule has 11 heavy (non-hydrogen) atoms. The third kappa shape index (κ3) is 2.42. The quantitative estimate of drug-likeness (QED) is 0.674. The van der Waals surface area contributed by atoms with Gasteiger partial charge in [-0.25, -0.2) is 0 Å². The van der Waals surface area contributed by atoms with Gasteiger partial charge in [-0.1, -0.05) is 6.08 Å². The van der Waals surface area contributed by atoms with E-state index in [1.54, 1.807) is 6.08 Å². The summed E-state index contributed by atoms with van der Waals surface area (Å²) in [5, 5.41) is 9.79. The van der Waals surface area contributed by atoms with Gasteiger partial charge >= 0.3 is 0 Å². The average molecular weight is 190 g/mol. The molecular formula is C8H14OS2. The molecule has 0 saturated carbocycles. The molecule has 1 unspecified atom stereocenters. The van der Waals surface area contributed by atoms with Gasteiger partial charge in [0.05, 0.1) is 4.58 Å². The van der Waals surface area contributed by atoms with Crippen molar-refractivity contribution >= 4 is 23.5 Å². The van der Waals surface area contributed by atoms with Crippen LogP contribution < -0.4 is 0 Å². The van der Waals surface area contributed by atoms with Crippen LogP contribution in [0, 0.1) is 0 Å². The predicted octanol–water partition coefficient (Wildman–Crippen LogP) is 2.12. The molecule has 0 bridgehead atoms. The summed E-state index contributed by atoms with van der Waals surface area (Å²) < 4.78 is 0.286. The number of hydrogen-bond acceptors (Lipinski definition) is 3. The van der Waals surface area contributed by atoms with Crippen molar-refractivity contribution in [2.45, 2.75) is 23.5 Å². The minimum absolute atomic E-state index is 0.286. The Morgan fingerprint density at radius 1 is 1.55 bits per heavy atom. The molecule has 1 rings (SSSR count). The normalized spacial score (nSPS) is 26.0. The highest BCUT2D eigenvalue weighted by Crippen LogP contribution is 2.38. The summed E-state index contributed by atoms with van der Waals surface area (Å²) in [4.78, 5) is 0. The molecule has 1 fully saturated rings. The molecule has 1 aliphatic heterocycles. The van der Waals surface area contributed by atoms with E-state index >= 15 is 0 Å². The Morgan fingerprint density at radius 3 is 2.55 bits per heavy atom. The van der Waals surface area contributed by atoms with Gasteiger partial charge in [0, 0.05) is 0 Å². The van der Waals surface area contributed by atoms with Crippen LogP contribution in [0.15, 0.2) is 12.7 Å². The van der Waals surface area contributed by atoms with E-state index in [2.05, 4.69) is 6.58 Å². The maximum Gasteiger partial charge on any atom is 0.101 e. The van der Waals surface area contributed by atoms with Crippen molar-refractivity contribution in [2.75, 3.05) is 11.5 Å². The van der Waals surface area contributed by atoms with Gasteiger partial charge < -0.3 is 5.11 Å². The molecule has 0 aromatic carbocycles. The van der Waals surface area contributed by atoms with Crippen molar-refractivity contribution in [3.8, 4) is 0 Å². The fourth-order valence-corrected chi connectivity index (χ4v) is 3.98. The smallest absolute Gasteiger partial charge is 0.101 e. The van der Waals surface area contributed by atoms with E-state index in [1.807, 2.05) is 30.4 Å². The lowest BCUT2D eigenvalue weighted by Gasteiger charge is -2.31. The first-order valence-corrected chi connectivity index (χ1v) is 5.86. The largest absolute Gasteiger partial charge is 0.384 e.